The van der Waals surface area contributed by atoms with Crippen LogP contribution in [0.2, 0.25) is 0 Å². The zero-order valence-corrected chi connectivity index (χ0v) is 14.3. The van der Waals surface area contributed by atoms with E-state index >= 15 is 0 Å². The molecule has 1 aromatic rings. The minimum Gasteiger partial charge on any atom is -0.459 e. The van der Waals surface area contributed by atoms with Crippen molar-refractivity contribution in [3.05, 3.63) is 58.2 Å². The third-order valence-corrected chi connectivity index (χ3v) is 3.74. The molecular weight excluding hydrogens is 349 g/mol. The Bertz CT molecular complexity index is 816. The normalized spacial score (nSPS) is 17.8. The van der Waals surface area contributed by atoms with Crippen LogP contribution in [0.5, 0.6) is 0 Å². The van der Waals surface area contributed by atoms with Gasteiger partial charge in [0, 0.05) is 0 Å². The number of halogens is 3. The van der Waals surface area contributed by atoms with Gasteiger partial charge in [0.15, 0.2) is 0 Å². The number of hydrogen-bond acceptors (Lipinski definition) is 5. The van der Waals surface area contributed by atoms with Crippen molar-refractivity contribution in [2.24, 2.45) is 5.73 Å². The summed E-state index contributed by atoms with van der Waals surface area (Å²) in [4.78, 5) is 12.5. The topological polar surface area (TPSA) is 85.3 Å². The molecule has 0 bridgehead atoms. The van der Waals surface area contributed by atoms with Gasteiger partial charge < -0.3 is 15.2 Å². The van der Waals surface area contributed by atoms with E-state index in [2.05, 4.69) is 0 Å². The summed E-state index contributed by atoms with van der Waals surface area (Å²) in [5.41, 5.74) is 5.17. The number of hydrogen-bond donors (Lipinski definition) is 1. The van der Waals surface area contributed by atoms with Crippen LogP contribution >= 0.6 is 0 Å². The molecule has 0 amide bonds. The Balaban J connectivity index is 2.56. The molecule has 1 heterocycles. The smallest absolute Gasteiger partial charge is 0.416 e. The maximum absolute atomic E-state index is 12.8. The lowest BCUT2D eigenvalue weighted by Crippen LogP contribution is -2.26. The van der Waals surface area contributed by atoms with Crippen molar-refractivity contribution in [3.8, 4) is 6.07 Å². The first-order chi connectivity index (χ1) is 12.1. The van der Waals surface area contributed by atoms with E-state index in [4.69, 9.17) is 15.2 Å². The molecule has 1 aromatic carbocycles. The molecule has 1 aliphatic heterocycles. The lowest BCUT2D eigenvalue weighted by atomic mass is 9.83. The summed E-state index contributed by atoms with van der Waals surface area (Å²) in [6, 6.07) is 6.06. The molecule has 1 atom stereocenters. The Labute approximate surface area is 148 Å². The van der Waals surface area contributed by atoms with Gasteiger partial charge in [0.2, 0.25) is 5.88 Å². The minimum atomic E-state index is -4.49. The van der Waals surface area contributed by atoms with Crippen LogP contribution in [0.3, 0.4) is 0 Å². The van der Waals surface area contributed by atoms with Crippen LogP contribution in [-0.4, -0.2) is 12.1 Å². The Hall–Kier alpha value is -2.95. The highest BCUT2D eigenvalue weighted by atomic mass is 19.4. The van der Waals surface area contributed by atoms with Crippen LogP contribution < -0.4 is 5.73 Å². The summed E-state index contributed by atoms with van der Waals surface area (Å²) in [6.07, 6.45) is -4.92. The molecule has 0 radical (unpaired) electrons. The van der Waals surface area contributed by atoms with Gasteiger partial charge in [-0.25, -0.2) is 4.79 Å². The number of nitriles is 1. The van der Waals surface area contributed by atoms with Crippen molar-refractivity contribution in [2.45, 2.75) is 39.0 Å². The molecule has 0 saturated carbocycles. The number of ether oxygens (including phenoxy) is 2. The van der Waals surface area contributed by atoms with Gasteiger partial charge in [-0.05, 0) is 38.5 Å². The van der Waals surface area contributed by atoms with E-state index in [1.54, 1.807) is 13.8 Å². The molecule has 2 N–H and O–H groups in total. The number of rotatable bonds is 3. The van der Waals surface area contributed by atoms with Crippen molar-refractivity contribution < 1.29 is 27.4 Å². The van der Waals surface area contributed by atoms with Crippen molar-refractivity contribution in [2.75, 3.05) is 0 Å². The number of benzene rings is 1. The first-order valence-corrected chi connectivity index (χ1v) is 7.72. The summed E-state index contributed by atoms with van der Waals surface area (Å²) < 4.78 is 48.8. The average Bonchev–Trinajstić information content (AvgIpc) is 2.52. The molecular formula is C18H17F3N2O3. The van der Waals surface area contributed by atoms with Gasteiger partial charge in [-0.15, -0.1) is 0 Å². The van der Waals surface area contributed by atoms with Gasteiger partial charge in [-0.2, -0.15) is 18.4 Å². The summed E-state index contributed by atoms with van der Waals surface area (Å²) in [5.74, 6) is -1.75. The second kappa shape index (κ2) is 7.12. The summed E-state index contributed by atoms with van der Waals surface area (Å²) in [5, 5.41) is 9.42. The molecule has 0 aliphatic carbocycles. The largest absolute Gasteiger partial charge is 0.459 e. The van der Waals surface area contributed by atoms with Crippen LogP contribution in [0.15, 0.2) is 47.1 Å². The number of nitrogens with zero attached hydrogens (tertiary/aromatic N) is 1. The van der Waals surface area contributed by atoms with Crippen molar-refractivity contribution in [1.29, 1.82) is 5.26 Å². The van der Waals surface area contributed by atoms with Gasteiger partial charge in [0.25, 0.3) is 0 Å². The molecule has 0 spiro atoms. The predicted octanol–water partition coefficient (Wildman–Crippen LogP) is 3.74. The molecule has 5 nitrogen and oxygen atoms in total. The van der Waals surface area contributed by atoms with Gasteiger partial charge in [0.1, 0.15) is 17.4 Å². The fraction of sp³-hybridized carbons (Fsp3) is 0.333. The molecule has 1 aliphatic rings. The van der Waals surface area contributed by atoms with E-state index in [9.17, 15) is 23.2 Å². The Morgan fingerprint density at radius 1 is 1.31 bits per heavy atom. The van der Waals surface area contributed by atoms with Crippen molar-refractivity contribution >= 4 is 5.97 Å². The maximum atomic E-state index is 12.8. The van der Waals surface area contributed by atoms with Crippen LogP contribution in [-0.2, 0) is 20.4 Å². The quantitative estimate of drug-likeness (QED) is 0.824. The summed E-state index contributed by atoms with van der Waals surface area (Å²) >= 11 is 0. The number of carbonyl (C=O) groups excluding carboxylic acids is 1. The second-order valence-electron chi connectivity index (χ2n) is 5.97. The standard InChI is InChI=1S/C18H17F3N2O3/c1-9(2)25-17(24)14-10(3)26-16(23)13(8-22)15(14)11-4-6-12(7-5-11)18(19,20)21/h4-7,9,15H,23H2,1-3H3. The monoisotopic (exact) mass is 366 g/mol. The molecule has 0 aromatic heterocycles. The third-order valence-electron chi connectivity index (χ3n) is 3.74. The van der Waals surface area contributed by atoms with E-state index in [-0.39, 0.29) is 22.8 Å². The fourth-order valence-corrected chi connectivity index (χ4v) is 2.62. The van der Waals surface area contributed by atoms with Crippen LogP contribution in [0, 0.1) is 11.3 Å². The lowest BCUT2D eigenvalue weighted by Gasteiger charge is -2.27. The second-order valence-corrected chi connectivity index (χ2v) is 5.97. The van der Waals surface area contributed by atoms with E-state index in [1.807, 2.05) is 6.07 Å². The lowest BCUT2D eigenvalue weighted by molar-refractivity contribution is -0.143. The Kier molecular flexibility index (Phi) is 5.30. The third kappa shape index (κ3) is 3.82. The first kappa shape index (κ1) is 19.4. The van der Waals surface area contributed by atoms with E-state index in [0.717, 1.165) is 12.1 Å². The summed E-state index contributed by atoms with van der Waals surface area (Å²) in [7, 11) is 0. The van der Waals surface area contributed by atoms with Crippen LogP contribution in [0.25, 0.3) is 0 Å². The van der Waals surface area contributed by atoms with Crippen molar-refractivity contribution in [1.82, 2.24) is 0 Å². The van der Waals surface area contributed by atoms with Gasteiger partial charge in [0.05, 0.1) is 23.2 Å². The van der Waals surface area contributed by atoms with E-state index in [1.165, 1.54) is 19.1 Å². The molecule has 0 saturated heterocycles. The van der Waals surface area contributed by atoms with Gasteiger partial charge in [-0.1, -0.05) is 12.1 Å². The summed E-state index contributed by atoms with van der Waals surface area (Å²) in [6.45, 7) is 4.79. The van der Waals surface area contributed by atoms with Crippen LogP contribution in [0.1, 0.15) is 37.8 Å². The number of esters is 1. The van der Waals surface area contributed by atoms with Gasteiger partial charge >= 0.3 is 12.1 Å². The Morgan fingerprint density at radius 3 is 2.35 bits per heavy atom. The number of nitrogens with two attached hydrogens (primary N) is 1. The molecule has 26 heavy (non-hydrogen) atoms. The number of alkyl halides is 3. The van der Waals surface area contributed by atoms with E-state index in [0.29, 0.717) is 5.56 Å². The average molecular weight is 366 g/mol. The maximum Gasteiger partial charge on any atom is 0.416 e. The molecule has 2 rings (SSSR count). The first-order valence-electron chi connectivity index (χ1n) is 7.72. The van der Waals surface area contributed by atoms with E-state index < -0.39 is 29.7 Å². The highest BCUT2D eigenvalue weighted by Crippen LogP contribution is 2.40. The fourth-order valence-electron chi connectivity index (χ4n) is 2.62. The van der Waals surface area contributed by atoms with Crippen LogP contribution in [0.4, 0.5) is 13.2 Å². The molecule has 1 unspecified atom stereocenters. The minimum absolute atomic E-state index is 0.0317. The molecule has 0 fully saturated rings. The number of carbonyl (C=O) groups is 1. The zero-order valence-electron chi connectivity index (χ0n) is 14.3. The number of allylic oxidation sites excluding steroid dienone is 2. The highest BCUT2D eigenvalue weighted by Gasteiger charge is 2.37. The highest BCUT2D eigenvalue weighted by molar-refractivity contribution is 5.92. The SMILES string of the molecule is CC1=C(C(=O)OC(C)C)C(c2ccc(C(F)(F)F)cc2)C(C#N)=C(N)O1. The van der Waals surface area contributed by atoms with Gasteiger partial charge in [-0.3, -0.25) is 0 Å². The Morgan fingerprint density at radius 2 is 1.88 bits per heavy atom. The zero-order chi connectivity index (χ0) is 19.6. The predicted molar refractivity (Wildman–Crippen MR) is 86.0 cm³/mol. The molecule has 8 heteroatoms. The van der Waals surface area contributed by atoms with Crippen molar-refractivity contribution in [3.63, 3.8) is 0 Å². The molecule has 138 valence electrons.